The predicted molar refractivity (Wildman–Crippen MR) is 68.0 cm³/mol. The Labute approximate surface area is 120 Å². The van der Waals surface area contributed by atoms with Gasteiger partial charge in [0.2, 0.25) is 0 Å². The van der Waals surface area contributed by atoms with Gasteiger partial charge in [-0.2, -0.15) is 22.0 Å². The molecule has 0 bridgehead atoms. The van der Waals surface area contributed by atoms with Crippen LogP contribution in [0.4, 0.5) is 22.0 Å². The van der Waals surface area contributed by atoms with Gasteiger partial charge in [-0.15, -0.1) is 0 Å². The number of nitrogens with zero attached hydrogens (tertiary/aromatic N) is 2. The van der Waals surface area contributed by atoms with E-state index in [1.807, 2.05) is 0 Å². The maximum Gasteiger partial charge on any atom is 0.433 e. The molecule has 2 heterocycles. The number of hydrogen-bond acceptors (Lipinski definition) is 2. The zero-order valence-corrected chi connectivity index (χ0v) is 11.6. The van der Waals surface area contributed by atoms with Crippen molar-refractivity contribution in [3.8, 4) is 0 Å². The van der Waals surface area contributed by atoms with Crippen molar-refractivity contribution in [1.82, 2.24) is 9.88 Å². The third-order valence-electron chi connectivity index (χ3n) is 3.77. The quantitative estimate of drug-likeness (QED) is 0.787. The summed E-state index contributed by atoms with van der Waals surface area (Å²) in [5, 5.41) is 0. The molecule has 1 aromatic rings. The topological polar surface area (TPSA) is 16.1 Å². The number of pyridine rings is 1. The molecule has 0 amide bonds. The van der Waals surface area contributed by atoms with Crippen molar-refractivity contribution in [2.45, 2.75) is 31.9 Å². The molecular formula is C14H17F5N2. The highest BCUT2D eigenvalue weighted by Gasteiger charge is 2.37. The maximum atomic E-state index is 14.1. The van der Waals surface area contributed by atoms with Gasteiger partial charge in [0.15, 0.2) is 0 Å². The Morgan fingerprint density at radius 1 is 1.14 bits per heavy atom. The van der Waals surface area contributed by atoms with E-state index in [-0.39, 0.29) is 0 Å². The summed E-state index contributed by atoms with van der Waals surface area (Å²) in [7, 11) is 0. The van der Waals surface area contributed by atoms with Gasteiger partial charge in [-0.3, -0.25) is 9.88 Å². The smallest absolute Gasteiger partial charge is 0.297 e. The fourth-order valence-corrected chi connectivity index (χ4v) is 2.37. The van der Waals surface area contributed by atoms with E-state index in [1.165, 1.54) is 0 Å². The van der Waals surface area contributed by atoms with Crippen LogP contribution in [-0.2, 0) is 12.1 Å². The molecule has 0 saturated carbocycles. The molecule has 118 valence electrons. The zero-order chi connectivity index (χ0) is 15.7. The van der Waals surface area contributed by atoms with E-state index in [0.717, 1.165) is 18.9 Å². The molecular weight excluding hydrogens is 291 g/mol. The molecule has 0 aromatic carbocycles. The van der Waals surface area contributed by atoms with E-state index in [2.05, 4.69) is 11.9 Å². The lowest BCUT2D eigenvalue weighted by molar-refractivity contribution is -0.141. The first-order valence-corrected chi connectivity index (χ1v) is 6.82. The first-order chi connectivity index (χ1) is 9.68. The minimum Gasteiger partial charge on any atom is -0.297 e. The Hall–Kier alpha value is -1.24. The van der Waals surface area contributed by atoms with Gasteiger partial charge < -0.3 is 0 Å². The number of piperidine rings is 1. The van der Waals surface area contributed by atoms with Crippen LogP contribution < -0.4 is 0 Å². The number of alkyl halides is 5. The molecule has 21 heavy (non-hydrogen) atoms. The minimum atomic E-state index is -4.61. The van der Waals surface area contributed by atoms with Crippen molar-refractivity contribution in [3.05, 3.63) is 29.6 Å². The molecule has 1 aliphatic rings. The number of hydrogen-bond donors (Lipinski definition) is 0. The van der Waals surface area contributed by atoms with E-state index in [9.17, 15) is 22.0 Å². The largest absolute Gasteiger partial charge is 0.433 e. The van der Waals surface area contributed by atoms with Crippen molar-refractivity contribution < 1.29 is 22.0 Å². The lowest BCUT2D eigenvalue weighted by Gasteiger charge is -2.32. The molecule has 1 fully saturated rings. The van der Waals surface area contributed by atoms with Crippen molar-refractivity contribution in [3.63, 3.8) is 0 Å². The summed E-state index contributed by atoms with van der Waals surface area (Å²) in [6.45, 7) is 2.78. The van der Waals surface area contributed by atoms with Crippen LogP contribution in [0.15, 0.2) is 18.3 Å². The Bertz CT molecular complexity index is 461. The molecule has 0 spiro atoms. The molecule has 7 heteroatoms. The van der Waals surface area contributed by atoms with E-state index in [0.29, 0.717) is 31.3 Å². The monoisotopic (exact) mass is 308 g/mol. The summed E-state index contributed by atoms with van der Waals surface area (Å²) in [6.07, 6.45) is -2.27. The van der Waals surface area contributed by atoms with Crippen LogP contribution in [-0.4, -0.2) is 29.5 Å². The molecule has 1 saturated heterocycles. The summed E-state index contributed by atoms with van der Waals surface area (Å²) in [4.78, 5) is 4.75. The number of likely N-dealkylation sites (tertiary alicyclic amines) is 1. The molecule has 0 radical (unpaired) electrons. The van der Waals surface area contributed by atoms with Crippen molar-refractivity contribution >= 4 is 0 Å². The van der Waals surface area contributed by atoms with Gasteiger partial charge in [0.05, 0.1) is 6.54 Å². The normalized spacial score (nSPS) is 19.0. The molecule has 0 atom stereocenters. The van der Waals surface area contributed by atoms with Crippen molar-refractivity contribution in [1.29, 1.82) is 0 Å². The molecule has 1 aliphatic heterocycles. The summed E-state index contributed by atoms with van der Waals surface area (Å²) < 4.78 is 65.3. The highest BCUT2D eigenvalue weighted by molar-refractivity contribution is 5.20. The Kier molecular flexibility index (Phi) is 4.51. The fourth-order valence-electron chi connectivity index (χ4n) is 2.37. The van der Waals surface area contributed by atoms with Crippen LogP contribution in [0.5, 0.6) is 0 Å². The van der Waals surface area contributed by atoms with Crippen LogP contribution in [0.25, 0.3) is 0 Å². The first-order valence-electron chi connectivity index (χ1n) is 6.82. The van der Waals surface area contributed by atoms with E-state index in [4.69, 9.17) is 0 Å². The fraction of sp³-hybridized carbons (Fsp3) is 0.643. The predicted octanol–water partition coefficient (Wildman–Crippen LogP) is 3.92. The zero-order valence-electron chi connectivity index (χ0n) is 11.6. The third kappa shape index (κ3) is 4.12. The molecule has 2 nitrogen and oxygen atoms in total. The second-order valence-electron chi connectivity index (χ2n) is 5.59. The van der Waals surface area contributed by atoms with Gasteiger partial charge in [0.25, 0.3) is 5.92 Å². The highest BCUT2D eigenvalue weighted by Crippen LogP contribution is 2.32. The molecule has 0 N–H and O–H groups in total. The molecule has 2 rings (SSSR count). The van der Waals surface area contributed by atoms with Gasteiger partial charge in [-0.1, -0.05) is 6.92 Å². The summed E-state index contributed by atoms with van der Waals surface area (Å²) >= 11 is 0. The standard InChI is InChI=1S/C14H17F5N2/c1-10-4-6-21(7-5-10)9-13(15,16)11-2-3-12(20-8-11)14(17,18)19/h2-3,8,10H,4-7,9H2,1H3. The summed E-state index contributed by atoms with van der Waals surface area (Å²) in [6, 6.07) is 1.41. The van der Waals surface area contributed by atoms with Gasteiger partial charge in [-0.05, 0) is 44.0 Å². The van der Waals surface area contributed by atoms with Crippen LogP contribution in [0.2, 0.25) is 0 Å². The molecule has 0 aliphatic carbocycles. The number of aromatic nitrogens is 1. The van der Waals surface area contributed by atoms with Gasteiger partial charge in [0.1, 0.15) is 5.69 Å². The number of rotatable bonds is 3. The van der Waals surface area contributed by atoms with Gasteiger partial charge >= 0.3 is 6.18 Å². The SMILES string of the molecule is CC1CCN(CC(F)(F)c2ccc(C(F)(F)F)nc2)CC1. The first kappa shape index (κ1) is 16.1. The van der Waals surface area contributed by atoms with E-state index >= 15 is 0 Å². The second kappa shape index (κ2) is 5.87. The Morgan fingerprint density at radius 2 is 1.76 bits per heavy atom. The second-order valence-corrected chi connectivity index (χ2v) is 5.59. The Morgan fingerprint density at radius 3 is 2.24 bits per heavy atom. The van der Waals surface area contributed by atoms with Gasteiger partial charge in [0, 0.05) is 11.8 Å². The molecule has 0 unspecified atom stereocenters. The average molecular weight is 308 g/mol. The number of halogens is 5. The van der Waals surface area contributed by atoms with Crippen molar-refractivity contribution in [2.75, 3.05) is 19.6 Å². The average Bonchev–Trinajstić information content (AvgIpc) is 2.40. The summed E-state index contributed by atoms with van der Waals surface area (Å²) in [5.41, 5.74) is -1.64. The van der Waals surface area contributed by atoms with Crippen LogP contribution in [0, 0.1) is 5.92 Å². The van der Waals surface area contributed by atoms with Crippen LogP contribution in [0.1, 0.15) is 31.0 Å². The van der Waals surface area contributed by atoms with Crippen LogP contribution >= 0.6 is 0 Å². The summed E-state index contributed by atoms with van der Waals surface area (Å²) in [5.74, 6) is -2.67. The maximum absolute atomic E-state index is 14.1. The van der Waals surface area contributed by atoms with Gasteiger partial charge in [-0.25, -0.2) is 0 Å². The van der Waals surface area contributed by atoms with E-state index in [1.54, 1.807) is 4.90 Å². The van der Waals surface area contributed by atoms with E-state index < -0.39 is 29.9 Å². The third-order valence-corrected chi connectivity index (χ3v) is 3.77. The van der Waals surface area contributed by atoms with Crippen LogP contribution in [0.3, 0.4) is 0 Å². The van der Waals surface area contributed by atoms with Crippen molar-refractivity contribution in [2.24, 2.45) is 5.92 Å². The molecule has 1 aromatic heterocycles. The highest BCUT2D eigenvalue weighted by atomic mass is 19.4. The Balaban J connectivity index is 2.05. The minimum absolute atomic E-state index is 0.478. The lowest BCUT2D eigenvalue weighted by Crippen LogP contribution is -2.40. The lowest BCUT2D eigenvalue weighted by atomic mass is 9.98.